The summed E-state index contributed by atoms with van der Waals surface area (Å²) in [4.78, 5) is 34.5. The zero-order valence-electron chi connectivity index (χ0n) is 14.0. The van der Waals surface area contributed by atoms with Crippen LogP contribution in [0.15, 0.2) is 35.8 Å². The molecular weight excluding hydrogens is 334 g/mol. The van der Waals surface area contributed by atoms with Gasteiger partial charge < -0.3 is 9.88 Å². The van der Waals surface area contributed by atoms with Crippen LogP contribution in [0.1, 0.15) is 51.4 Å². The lowest BCUT2D eigenvalue weighted by atomic mass is 9.94. The predicted molar refractivity (Wildman–Crippen MR) is 98.3 cm³/mol. The van der Waals surface area contributed by atoms with Crippen molar-refractivity contribution in [2.45, 2.75) is 25.7 Å². The van der Waals surface area contributed by atoms with E-state index in [0.29, 0.717) is 17.0 Å². The Hall–Kier alpha value is -2.47. The maximum atomic E-state index is 12.8. The number of aromatic nitrogens is 2. The predicted octanol–water partition coefficient (Wildman–Crippen LogP) is 3.85. The van der Waals surface area contributed by atoms with E-state index in [-0.39, 0.29) is 17.6 Å². The van der Waals surface area contributed by atoms with Crippen LogP contribution in [0.3, 0.4) is 0 Å². The summed E-state index contributed by atoms with van der Waals surface area (Å²) in [5.74, 6) is 0.312. The van der Waals surface area contributed by atoms with Crippen LogP contribution in [0.4, 0.5) is 0 Å². The number of thiophene rings is 1. The van der Waals surface area contributed by atoms with Gasteiger partial charge in [0.05, 0.1) is 10.4 Å². The highest BCUT2D eigenvalue weighted by atomic mass is 32.1. The maximum absolute atomic E-state index is 12.8. The standard InChI is InChI=1S/C19H19N3O2S/c1-12(23)17-9-15(11-25-17)19(24)22-7-3-5-14(10-22)16-8-13-4-2-6-20-18(13)21-16/h2,4,6,8-9,11,14H,3,5,7,10H2,1H3,(H,20,21)/t14-/m0/s1. The summed E-state index contributed by atoms with van der Waals surface area (Å²) in [5, 5.41) is 2.89. The third-order valence-electron chi connectivity index (χ3n) is 4.75. The van der Waals surface area contributed by atoms with Crippen molar-refractivity contribution < 1.29 is 9.59 Å². The molecule has 4 heterocycles. The van der Waals surface area contributed by atoms with Gasteiger partial charge in [-0.15, -0.1) is 11.3 Å². The highest BCUT2D eigenvalue weighted by molar-refractivity contribution is 7.12. The molecule has 6 heteroatoms. The fourth-order valence-corrected chi connectivity index (χ4v) is 4.21. The first kappa shape index (κ1) is 16.0. The maximum Gasteiger partial charge on any atom is 0.254 e. The largest absolute Gasteiger partial charge is 0.343 e. The zero-order chi connectivity index (χ0) is 17.4. The molecule has 1 aliphatic rings. The molecule has 3 aromatic heterocycles. The van der Waals surface area contributed by atoms with Gasteiger partial charge in [0.25, 0.3) is 5.91 Å². The van der Waals surface area contributed by atoms with Crippen LogP contribution in [-0.2, 0) is 0 Å². The average molecular weight is 353 g/mol. The number of pyridine rings is 1. The lowest BCUT2D eigenvalue weighted by molar-refractivity contribution is 0.0706. The van der Waals surface area contributed by atoms with Crippen molar-refractivity contribution >= 4 is 34.1 Å². The minimum absolute atomic E-state index is 0.00569. The van der Waals surface area contributed by atoms with E-state index in [4.69, 9.17) is 0 Å². The number of piperidine rings is 1. The van der Waals surface area contributed by atoms with E-state index in [0.717, 1.165) is 36.1 Å². The second-order valence-corrected chi connectivity index (χ2v) is 7.42. The molecule has 0 aromatic carbocycles. The average Bonchev–Trinajstić information content (AvgIpc) is 3.28. The molecule has 1 N–H and O–H groups in total. The number of Topliss-reactive ketones (excluding diaryl/α,β-unsaturated/α-hetero) is 1. The molecule has 1 saturated heterocycles. The van der Waals surface area contributed by atoms with Crippen molar-refractivity contribution in [2.24, 2.45) is 0 Å². The van der Waals surface area contributed by atoms with E-state index in [2.05, 4.69) is 16.0 Å². The summed E-state index contributed by atoms with van der Waals surface area (Å²) in [6, 6.07) is 7.83. The number of fused-ring (bicyclic) bond motifs is 1. The number of rotatable bonds is 3. The van der Waals surface area contributed by atoms with E-state index in [1.807, 2.05) is 17.0 Å². The van der Waals surface area contributed by atoms with Crippen LogP contribution in [0.25, 0.3) is 11.0 Å². The Kier molecular flexibility index (Phi) is 4.13. The van der Waals surface area contributed by atoms with Crippen molar-refractivity contribution in [2.75, 3.05) is 13.1 Å². The number of amides is 1. The Labute approximate surface area is 149 Å². The number of carbonyl (C=O) groups is 2. The number of nitrogens with zero attached hydrogens (tertiary/aromatic N) is 2. The van der Waals surface area contributed by atoms with Crippen LogP contribution in [-0.4, -0.2) is 39.6 Å². The first-order chi connectivity index (χ1) is 12.1. The molecule has 0 aliphatic carbocycles. The van der Waals surface area contributed by atoms with Crippen molar-refractivity contribution in [3.8, 4) is 0 Å². The summed E-state index contributed by atoms with van der Waals surface area (Å²) in [6.07, 6.45) is 3.81. The molecule has 0 saturated carbocycles. The summed E-state index contributed by atoms with van der Waals surface area (Å²) in [7, 11) is 0. The van der Waals surface area contributed by atoms with Gasteiger partial charge in [0, 0.05) is 41.7 Å². The number of H-pyrrole nitrogens is 1. The number of nitrogens with one attached hydrogen (secondary N) is 1. The normalized spacial score (nSPS) is 17.8. The summed E-state index contributed by atoms with van der Waals surface area (Å²) < 4.78 is 0. The van der Waals surface area contributed by atoms with Gasteiger partial charge in [0.1, 0.15) is 5.65 Å². The monoisotopic (exact) mass is 353 g/mol. The molecule has 1 atom stereocenters. The lowest BCUT2D eigenvalue weighted by Crippen LogP contribution is -2.39. The lowest BCUT2D eigenvalue weighted by Gasteiger charge is -2.32. The number of aromatic amines is 1. The molecule has 0 bridgehead atoms. The first-order valence-electron chi connectivity index (χ1n) is 8.44. The quantitative estimate of drug-likeness (QED) is 0.728. The van der Waals surface area contributed by atoms with Crippen molar-refractivity contribution in [3.63, 3.8) is 0 Å². The van der Waals surface area contributed by atoms with E-state index in [1.54, 1.807) is 17.6 Å². The highest BCUT2D eigenvalue weighted by Crippen LogP contribution is 2.29. The van der Waals surface area contributed by atoms with E-state index < -0.39 is 0 Å². The van der Waals surface area contributed by atoms with Gasteiger partial charge in [0.2, 0.25) is 0 Å². The Morgan fingerprint density at radius 3 is 3.00 bits per heavy atom. The van der Waals surface area contributed by atoms with Gasteiger partial charge in [-0.1, -0.05) is 0 Å². The summed E-state index contributed by atoms with van der Waals surface area (Å²) >= 11 is 1.34. The van der Waals surface area contributed by atoms with Gasteiger partial charge in [0.15, 0.2) is 5.78 Å². The fraction of sp³-hybridized carbons (Fsp3) is 0.316. The van der Waals surface area contributed by atoms with Gasteiger partial charge in [-0.3, -0.25) is 9.59 Å². The topological polar surface area (TPSA) is 66.1 Å². The molecule has 1 amide bonds. The minimum Gasteiger partial charge on any atom is -0.343 e. The van der Waals surface area contributed by atoms with Gasteiger partial charge in [-0.05, 0) is 44.0 Å². The van der Waals surface area contributed by atoms with E-state index in [9.17, 15) is 9.59 Å². The Balaban J connectivity index is 1.53. The molecule has 3 aromatic rings. The van der Waals surface area contributed by atoms with E-state index >= 15 is 0 Å². The van der Waals surface area contributed by atoms with Gasteiger partial charge in [-0.25, -0.2) is 4.98 Å². The highest BCUT2D eigenvalue weighted by Gasteiger charge is 2.27. The van der Waals surface area contributed by atoms with Crippen molar-refractivity contribution in [1.82, 2.24) is 14.9 Å². The minimum atomic E-state index is 0.00569. The van der Waals surface area contributed by atoms with Crippen LogP contribution < -0.4 is 0 Å². The number of carbonyl (C=O) groups excluding carboxylic acids is 2. The van der Waals surface area contributed by atoms with Crippen molar-refractivity contribution in [1.29, 1.82) is 0 Å². The second kappa shape index (κ2) is 6.44. The third-order valence-corrected chi connectivity index (χ3v) is 5.79. The molecule has 4 rings (SSSR count). The number of likely N-dealkylation sites (tertiary alicyclic amines) is 1. The molecule has 0 unspecified atom stereocenters. The molecular formula is C19H19N3O2S. The Morgan fingerprint density at radius 1 is 1.36 bits per heavy atom. The first-order valence-corrected chi connectivity index (χ1v) is 9.32. The molecule has 0 spiro atoms. The number of hydrogen-bond donors (Lipinski definition) is 1. The summed E-state index contributed by atoms with van der Waals surface area (Å²) in [6.45, 7) is 2.98. The second-order valence-electron chi connectivity index (χ2n) is 6.51. The van der Waals surface area contributed by atoms with E-state index in [1.165, 1.54) is 18.3 Å². The molecule has 25 heavy (non-hydrogen) atoms. The fourth-order valence-electron chi connectivity index (χ4n) is 3.43. The molecule has 0 radical (unpaired) electrons. The molecule has 1 fully saturated rings. The van der Waals surface area contributed by atoms with Crippen LogP contribution in [0.2, 0.25) is 0 Å². The molecule has 128 valence electrons. The molecule has 5 nitrogen and oxygen atoms in total. The smallest absolute Gasteiger partial charge is 0.254 e. The van der Waals surface area contributed by atoms with Crippen LogP contribution in [0, 0.1) is 0 Å². The van der Waals surface area contributed by atoms with Gasteiger partial charge >= 0.3 is 0 Å². The Bertz CT molecular complexity index is 910. The SMILES string of the molecule is CC(=O)c1cc(C(=O)N2CCC[C@H](c3cc4cccnc4[nH]3)C2)cs1. The van der Waals surface area contributed by atoms with Crippen LogP contribution >= 0.6 is 11.3 Å². The number of hydrogen-bond acceptors (Lipinski definition) is 4. The zero-order valence-corrected chi connectivity index (χ0v) is 14.8. The van der Waals surface area contributed by atoms with Crippen LogP contribution in [0.5, 0.6) is 0 Å². The van der Waals surface area contributed by atoms with Gasteiger partial charge in [-0.2, -0.15) is 0 Å². The summed E-state index contributed by atoms with van der Waals surface area (Å²) in [5.41, 5.74) is 2.65. The number of ketones is 1. The Morgan fingerprint density at radius 2 is 2.24 bits per heavy atom. The molecule has 1 aliphatic heterocycles. The third kappa shape index (κ3) is 3.09. The van der Waals surface area contributed by atoms with Crippen molar-refractivity contribution in [3.05, 3.63) is 52.0 Å².